The van der Waals surface area contributed by atoms with Crippen molar-refractivity contribution in [1.29, 1.82) is 0 Å². The number of benzene rings is 1. The average molecular weight is 253 g/mol. The number of hydrogen-bond donors (Lipinski definition) is 0. The van der Waals surface area contributed by atoms with E-state index in [-0.39, 0.29) is 0 Å². The minimum Gasteiger partial charge on any atom is -0.256 e. The van der Waals surface area contributed by atoms with Crippen molar-refractivity contribution >= 4 is 27.2 Å². The van der Waals surface area contributed by atoms with Gasteiger partial charge in [-0.1, -0.05) is 29.5 Å². The Hall–Kier alpha value is -2.34. The molecule has 6 heteroatoms. The molecule has 0 spiro atoms. The molecule has 0 saturated heterocycles. The molecule has 0 aliphatic carbocycles. The van der Waals surface area contributed by atoms with E-state index in [1.807, 2.05) is 24.3 Å². The van der Waals surface area contributed by atoms with Crippen molar-refractivity contribution in [1.82, 2.24) is 24.8 Å². The van der Waals surface area contributed by atoms with Crippen molar-refractivity contribution in [3.63, 3.8) is 0 Å². The van der Waals surface area contributed by atoms with Crippen LogP contribution in [0.4, 0.5) is 0 Å². The number of rotatable bonds is 1. The summed E-state index contributed by atoms with van der Waals surface area (Å²) in [6, 6.07) is 10.0. The summed E-state index contributed by atoms with van der Waals surface area (Å²) in [5, 5.41) is 14.3. The van der Waals surface area contributed by atoms with Crippen LogP contribution in [0.3, 0.4) is 0 Å². The van der Waals surface area contributed by atoms with Crippen LogP contribution < -0.4 is 0 Å². The minimum absolute atomic E-state index is 0.797. The highest BCUT2D eigenvalue weighted by Crippen LogP contribution is 2.30. The van der Waals surface area contributed by atoms with E-state index < -0.39 is 0 Å². The molecule has 0 aliphatic heterocycles. The largest absolute Gasteiger partial charge is 0.256 e. The van der Waals surface area contributed by atoms with E-state index in [0.29, 0.717) is 0 Å². The van der Waals surface area contributed by atoms with E-state index in [0.717, 1.165) is 26.4 Å². The Bertz CT molecular complexity index is 814. The summed E-state index contributed by atoms with van der Waals surface area (Å²) in [5.41, 5.74) is 2.05. The number of pyridine rings is 1. The third-order valence-corrected chi connectivity index (χ3v) is 3.71. The summed E-state index contributed by atoms with van der Waals surface area (Å²) in [4.78, 5) is 5.15. The second kappa shape index (κ2) is 3.58. The first-order chi connectivity index (χ1) is 8.92. The lowest BCUT2D eigenvalue weighted by Crippen LogP contribution is -1.85. The first-order valence-corrected chi connectivity index (χ1v) is 6.24. The number of hydrogen-bond acceptors (Lipinski definition) is 5. The molecule has 0 radical (unpaired) electrons. The lowest BCUT2D eigenvalue weighted by molar-refractivity contribution is 0.960. The Morgan fingerprint density at radius 3 is 3.00 bits per heavy atom. The second-order valence-corrected chi connectivity index (χ2v) is 4.80. The van der Waals surface area contributed by atoms with E-state index in [1.165, 1.54) is 11.3 Å². The number of para-hydroxylation sites is 1. The van der Waals surface area contributed by atoms with E-state index >= 15 is 0 Å². The van der Waals surface area contributed by atoms with Crippen molar-refractivity contribution in [3.05, 3.63) is 42.9 Å². The van der Waals surface area contributed by atoms with Crippen LogP contribution in [0.25, 0.3) is 26.4 Å². The van der Waals surface area contributed by atoms with Gasteiger partial charge in [0, 0.05) is 17.1 Å². The van der Waals surface area contributed by atoms with Crippen LogP contribution in [0.5, 0.6) is 0 Å². The standard InChI is InChI=1S/C12H7N5S/c1-2-4-10-8(3-1)9(5-6-13-10)11-16-17-7-14-15-12(17)18-11/h1-7H. The Labute approximate surface area is 106 Å². The fourth-order valence-electron chi connectivity index (χ4n) is 1.95. The second-order valence-electron chi connectivity index (χ2n) is 3.84. The predicted octanol–water partition coefficient (Wildman–Crippen LogP) is 2.40. The zero-order valence-electron chi connectivity index (χ0n) is 9.19. The molecular weight excluding hydrogens is 246 g/mol. The zero-order chi connectivity index (χ0) is 11.9. The van der Waals surface area contributed by atoms with Crippen LogP contribution in [0.15, 0.2) is 42.9 Å². The number of fused-ring (bicyclic) bond motifs is 2. The molecule has 86 valence electrons. The molecule has 4 aromatic rings. The molecule has 0 bridgehead atoms. The first-order valence-electron chi connectivity index (χ1n) is 5.43. The van der Waals surface area contributed by atoms with Gasteiger partial charge in [-0.2, -0.15) is 9.61 Å². The van der Waals surface area contributed by atoms with Gasteiger partial charge < -0.3 is 0 Å². The van der Waals surface area contributed by atoms with Crippen molar-refractivity contribution in [3.8, 4) is 10.6 Å². The molecule has 0 aliphatic rings. The van der Waals surface area contributed by atoms with Crippen LogP contribution in [0.2, 0.25) is 0 Å². The van der Waals surface area contributed by atoms with Gasteiger partial charge in [0.2, 0.25) is 4.96 Å². The van der Waals surface area contributed by atoms with E-state index in [1.54, 1.807) is 17.0 Å². The highest BCUT2D eigenvalue weighted by atomic mass is 32.1. The summed E-state index contributed by atoms with van der Waals surface area (Å²) < 4.78 is 1.69. The first kappa shape index (κ1) is 9.67. The monoisotopic (exact) mass is 253 g/mol. The van der Waals surface area contributed by atoms with Crippen LogP contribution in [0, 0.1) is 0 Å². The Kier molecular flexibility index (Phi) is 1.92. The van der Waals surface area contributed by atoms with Gasteiger partial charge in [-0.15, -0.1) is 10.2 Å². The highest BCUT2D eigenvalue weighted by molar-refractivity contribution is 7.19. The van der Waals surface area contributed by atoms with Gasteiger partial charge in [-0.3, -0.25) is 4.98 Å². The molecule has 0 amide bonds. The molecule has 18 heavy (non-hydrogen) atoms. The predicted molar refractivity (Wildman–Crippen MR) is 69.4 cm³/mol. The quantitative estimate of drug-likeness (QED) is 0.522. The average Bonchev–Trinajstić information content (AvgIpc) is 2.99. The van der Waals surface area contributed by atoms with Crippen LogP contribution in [-0.4, -0.2) is 24.8 Å². The summed E-state index contributed by atoms with van der Waals surface area (Å²) in [6.45, 7) is 0. The molecule has 0 unspecified atom stereocenters. The Morgan fingerprint density at radius 1 is 1.11 bits per heavy atom. The zero-order valence-corrected chi connectivity index (χ0v) is 10.0. The summed E-state index contributed by atoms with van der Waals surface area (Å²) in [5.74, 6) is 0. The van der Waals surface area contributed by atoms with E-state index in [4.69, 9.17) is 0 Å². The molecule has 3 heterocycles. The molecule has 5 nitrogen and oxygen atoms in total. The molecule has 1 aromatic carbocycles. The fourth-order valence-corrected chi connectivity index (χ4v) is 2.81. The van der Waals surface area contributed by atoms with Gasteiger partial charge in [-0.05, 0) is 12.1 Å². The third kappa shape index (κ3) is 1.32. The van der Waals surface area contributed by atoms with Gasteiger partial charge in [0.05, 0.1) is 5.52 Å². The molecule has 0 atom stereocenters. The van der Waals surface area contributed by atoms with Gasteiger partial charge >= 0.3 is 0 Å². The fraction of sp³-hybridized carbons (Fsp3) is 0. The Balaban J connectivity index is 2.04. The minimum atomic E-state index is 0.797. The maximum Gasteiger partial charge on any atom is 0.234 e. The van der Waals surface area contributed by atoms with Crippen LogP contribution >= 0.6 is 11.3 Å². The number of nitrogens with zero attached hydrogens (tertiary/aromatic N) is 5. The maximum atomic E-state index is 4.48. The van der Waals surface area contributed by atoms with Gasteiger partial charge in [-0.25, -0.2) is 0 Å². The molecule has 4 rings (SSSR count). The van der Waals surface area contributed by atoms with Gasteiger partial charge in [0.15, 0.2) is 0 Å². The van der Waals surface area contributed by atoms with Crippen molar-refractivity contribution < 1.29 is 0 Å². The normalized spacial score (nSPS) is 11.3. The lowest BCUT2D eigenvalue weighted by atomic mass is 10.1. The van der Waals surface area contributed by atoms with Crippen LogP contribution in [0.1, 0.15) is 0 Å². The molecular formula is C12H7N5S. The lowest BCUT2D eigenvalue weighted by Gasteiger charge is -2.01. The molecule has 3 aromatic heterocycles. The molecule has 0 N–H and O–H groups in total. The van der Waals surface area contributed by atoms with E-state index in [2.05, 4.69) is 26.3 Å². The SMILES string of the molecule is c1ccc2c(-c3nn4cnnc4s3)ccnc2c1. The smallest absolute Gasteiger partial charge is 0.234 e. The topological polar surface area (TPSA) is 56.0 Å². The summed E-state index contributed by atoms with van der Waals surface area (Å²) in [7, 11) is 0. The van der Waals surface area contributed by atoms with Crippen molar-refractivity contribution in [2.75, 3.05) is 0 Å². The summed E-state index contributed by atoms with van der Waals surface area (Å²) >= 11 is 1.52. The van der Waals surface area contributed by atoms with Crippen LogP contribution in [-0.2, 0) is 0 Å². The molecule has 0 fully saturated rings. The highest BCUT2D eigenvalue weighted by Gasteiger charge is 2.10. The number of aromatic nitrogens is 5. The van der Waals surface area contributed by atoms with Gasteiger partial charge in [0.1, 0.15) is 11.3 Å². The third-order valence-electron chi connectivity index (χ3n) is 2.77. The molecule has 0 saturated carbocycles. The van der Waals surface area contributed by atoms with Gasteiger partial charge in [0.25, 0.3) is 0 Å². The van der Waals surface area contributed by atoms with E-state index in [9.17, 15) is 0 Å². The summed E-state index contributed by atoms with van der Waals surface area (Å²) in [6.07, 6.45) is 3.42. The van der Waals surface area contributed by atoms with Crippen molar-refractivity contribution in [2.24, 2.45) is 0 Å². The van der Waals surface area contributed by atoms with Crippen molar-refractivity contribution in [2.45, 2.75) is 0 Å². The maximum absolute atomic E-state index is 4.48. The Morgan fingerprint density at radius 2 is 2.06 bits per heavy atom.